The quantitative estimate of drug-likeness (QED) is 0.841. The second-order valence-corrected chi connectivity index (χ2v) is 5.12. The molecule has 0 fully saturated rings. The highest BCUT2D eigenvalue weighted by Gasteiger charge is 2.14. The van der Waals surface area contributed by atoms with Crippen LogP contribution in [0.2, 0.25) is 0 Å². The Bertz CT molecular complexity index is 789. The molecule has 7 heteroatoms. The minimum absolute atomic E-state index is 0.259. The van der Waals surface area contributed by atoms with E-state index in [1.54, 1.807) is 36.4 Å². The number of nitrogens with one attached hydrogen (secondary N) is 2. The lowest BCUT2D eigenvalue weighted by molar-refractivity contribution is -0.114. The number of amides is 2. The maximum Gasteiger partial charge on any atom is 0.255 e. The second-order valence-electron chi connectivity index (χ2n) is 5.12. The van der Waals surface area contributed by atoms with Gasteiger partial charge in [-0.05, 0) is 30.3 Å². The van der Waals surface area contributed by atoms with Gasteiger partial charge in [0.05, 0.1) is 32.7 Å². The van der Waals surface area contributed by atoms with Crippen molar-refractivity contribution in [3.63, 3.8) is 0 Å². The van der Waals surface area contributed by atoms with Crippen molar-refractivity contribution in [2.24, 2.45) is 0 Å². The molecule has 2 rings (SSSR count). The molecule has 0 spiro atoms. The standard InChI is InChI=1S/C18H20N2O5/c1-11(21)19-14-9-12(5-7-16(14)24-3)18(22)20-15-10-13(23-2)6-8-17(15)25-4/h5-10H,1-4H3,(H,19,21)(H,20,22). The zero-order valence-electron chi connectivity index (χ0n) is 14.5. The van der Waals surface area contributed by atoms with Gasteiger partial charge < -0.3 is 24.8 Å². The highest BCUT2D eigenvalue weighted by molar-refractivity contribution is 6.06. The molecule has 25 heavy (non-hydrogen) atoms. The number of carbonyl (C=O) groups excluding carboxylic acids is 2. The molecule has 2 N–H and O–H groups in total. The molecule has 132 valence electrons. The summed E-state index contributed by atoms with van der Waals surface area (Å²) in [6.45, 7) is 1.38. The molecule has 0 aliphatic rings. The molecule has 0 aliphatic heterocycles. The summed E-state index contributed by atoms with van der Waals surface area (Å²) in [7, 11) is 4.54. The first-order chi connectivity index (χ1) is 12.0. The van der Waals surface area contributed by atoms with E-state index >= 15 is 0 Å². The predicted molar refractivity (Wildman–Crippen MR) is 94.8 cm³/mol. The molecule has 0 atom stereocenters. The lowest BCUT2D eigenvalue weighted by Crippen LogP contribution is -2.14. The molecule has 0 radical (unpaired) electrons. The predicted octanol–water partition coefficient (Wildman–Crippen LogP) is 2.92. The van der Waals surface area contributed by atoms with Crippen LogP contribution < -0.4 is 24.8 Å². The lowest BCUT2D eigenvalue weighted by Gasteiger charge is -2.13. The molecule has 0 saturated carbocycles. The van der Waals surface area contributed by atoms with Gasteiger partial charge in [0.1, 0.15) is 17.2 Å². The van der Waals surface area contributed by atoms with Gasteiger partial charge in [-0.15, -0.1) is 0 Å². The largest absolute Gasteiger partial charge is 0.497 e. The van der Waals surface area contributed by atoms with Gasteiger partial charge in [0.15, 0.2) is 0 Å². The Morgan fingerprint density at radius 3 is 1.96 bits per heavy atom. The number of rotatable bonds is 6. The van der Waals surface area contributed by atoms with Crippen LogP contribution in [0, 0.1) is 0 Å². The number of ether oxygens (including phenoxy) is 3. The zero-order chi connectivity index (χ0) is 18.4. The first-order valence-corrected chi connectivity index (χ1v) is 7.47. The van der Waals surface area contributed by atoms with E-state index < -0.39 is 0 Å². The Morgan fingerprint density at radius 1 is 0.800 bits per heavy atom. The minimum atomic E-state index is -0.360. The van der Waals surface area contributed by atoms with Crippen molar-refractivity contribution < 1.29 is 23.8 Å². The molecular formula is C18H20N2O5. The molecule has 7 nitrogen and oxygen atoms in total. The summed E-state index contributed by atoms with van der Waals surface area (Å²) in [5.41, 5.74) is 1.25. The van der Waals surface area contributed by atoms with E-state index in [2.05, 4.69) is 10.6 Å². The molecule has 0 unspecified atom stereocenters. The Kier molecular flexibility index (Phi) is 5.84. The molecular weight excluding hydrogens is 324 g/mol. The molecule has 0 saturated heterocycles. The fourth-order valence-electron chi connectivity index (χ4n) is 2.24. The van der Waals surface area contributed by atoms with Crippen molar-refractivity contribution in [2.45, 2.75) is 6.92 Å². The maximum atomic E-state index is 12.6. The summed E-state index contributed by atoms with van der Waals surface area (Å²) in [5.74, 6) is 0.936. The SMILES string of the molecule is COc1ccc(OC)c(NC(=O)c2ccc(OC)c(NC(C)=O)c2)c1. The Balaban J connectivity index is 2.30. The summed E-state index contributed by atoms with van der Waals surface area (Å²) in [4.78, 5) is 23.9. The Labute approximate surface area is 145 Å². The number of hydrogen-bond acceptors (Lipinski definition) is 5. The third-order valence-electron chi connectivity index (χ3n) is 3.43. The molecule has 2 amide bonds. The van der Waals surface area contributed by atoms with Crippen LogP contribution in [0.1, 0.15) is 17.3 Å². The van der Waals surface area contributed by atoms with E-state index in [-0.39, 0.29) is 11.8 Å². The van der Waals surface area contributed by atoms with E-state index in [0.29, 0.717) is 34.2 Å². The number of anilines is 2. The van der Waals surface area contributed by atoms with Crippen molar-refractivity contribution in [1.82, 2.24) is 0 Å². The van der Waals surface area contributed by atoms with E-state index in [1.807, 2.05) is 0 Å². The van der Waals surface area contributed by atoms with Gasteiger partial charge in [-0.2, -0.15) is 0 Å². The van der Waals surface area contributed by atoms with Crippen LogP contribution in [-0.2, 0) is 4.79 Å². The molecule has 0 heterocycles. The highest BCUT2D eigenvalue weighted by Crippen LogP contribution is 2.30. The summed E-state index contributed by atoms with van der Waals surface area (Å²) in [6, 6.07) is 9.86. The normalized spacial score (nSPS) is 9.92. The van der Waals surface area contributed by atoms with Gasteiger partial charge in [0.25, 0.3) is 5.91 Å². The number of hydrogen-bond donors (Lipinski definition) is 2. The first kappa shape index (κ1) is 18.1. The van der Waals surface area contributed by atoms with E-state index in [9.17, 15) is 9.59 Å². The van der Waals surface area contributed by atoms with Crippen LogP contribution in [0.4, 0.5) is 11.4 Å². The van der Waals surface area contributed by atoms with Crippen molar-refractivity contribution >= 4 is 23.2 Å². The summed E-state index contributed by atoms with van der Waals surface area (Å²) < 4.78 is 15.6. The second kappa shape index (κ2) is 8.05. The van der Waals surface area contributed by atoms with Gasteiger partial charge in [-0.3, -0.25) is 9.59 Å². The van der Waals surface area contributed by atoms with Gasteiger partial charge in [0, 0.05) is 18.6 Å². The monoisotopic (exact) mass is 344 g/mol. The average molecular weight is 344 g/mol. The van der Waals surface area contributed by atoms with Crippen LogP contribution in [0.15, 0.2) is 36.4 Å². The van der Waals surface area contributed by atoms with Gasteiger partial charge in [-0.25, -0.2) is 0 Å². The fourth-order valence-corrected chi connectivity index (χ4v) is 2.24. The topological polar surface area (TPSA) is 85.9 Å². The third-order valence-corrected chi connectivity index (χ3v) is 3.43. The van der Waals surface area contributed by atoms with Gasteiger partial charge in [0.2, 0.25) is 5.91 Å². The summed E-state index contributed by atoms with van der Waals surface area (Å²) in [6.07, 6.45) is 0. The van der Waals surface area contributed by atoms with Crippen molar-refractivity contribution in [3.05, 3.63) is 42.0 Å². The van der Waals surface area contributed by atoms with Crippen LogP contribution in [0.3, 0.4) is 0 Å². The Hall–Kier alpha value is -3.22. The summed E-state index contributed by atoms with van der Waals surface area (Å²) in [5, 5.41) is 5.41. The van der Waals surface area contributed by atoms with E-state index in [4.69, 9.17) is 14.2 Å². The number of benzene rings is 2. The number of carbonyl (C=O) groups is 2. The van der Waals surface area contributed by atoms with Crippen LogP contribution in [-0.4, -0.2) is 33.1 Å². The van der Waals surface area contributed by atoms with Crippen molar-refractivity contribution in [1.29, 1.82) is 0 Å². The average Bonchev–Trinajstić information content (AvgIpc) is 2.61. The maximum absolute atomic E-state index is 12.6. The van der Waals surface area contributed by atoms with Crippen molar-refractivity contribution in [2.75, 3.05) is 32.0 Å². The van der Waals surface area contributed by atoms with Gasteiger partial charge in [-0.1, -0.05) is 0 Å². The molecule has 0 bridgehead atoms. The van der Waals surface area contributed by atoms with Crippen molar-refractivity contribution in [3.8, 4) is 17.2 Å². The molecule has 0 aromatic heterocycles. The van der Waals surface area contributed by atoms with E-state index in [0.717, 1.165) is 0 Å². The Morgan fingerprint density at radius 2 is 1.40 bits per heavy atom. The number of methoxy groups -OCH3 is 3. The molecule has 2 aromatic rings. The van der Waals surface area contributed by atoms with Crippen LogP contribution in [0.25, 0.3) is 0 Å². The highest BCUT2D eigenvalue weighted by atomic mass is 16.5. The smallest absolute Gasteiger partial charge is 0.255 e. The first-order valence-electron chi connectivity index (χ1n) is 7.47. The van der Waals surface area contributed by atoms with E-state index in [1.165, 1.54) is 28.3 Å². The van der Waals surface area contributed by atoms with Crippen LogP contribution in [0.5, 0.6) is 17.2 Å². The molecule has 2 aromatic carbocycles. The third kappa shape index (κ3) is 4.41. The van der Waals surface area contributed by atoms with Crippen LogP contribution >= 0.6 is 0 Å². The lowest BCUT2D eigenvalue weighted by atomic mass is 10.1. The molecule has 0 aliphatic carbocycles. The zero-order valence-corrected chi connectivity index (χ0v) is 14.5. The van der Waals surface area contributed by atoms with Gasteiger partial charge >= 0.3 is 0 Å². The minimum Gasteiger partial charge on any atom is -0.497 e. The summed E-state index contributed by atoms with van der Waals surface area (Å²) >= 11 is 0. The fraction of sp³-hybridized carbons (Fsp3) is 0.222.